The Bertz CT molecular complexity index is 407. The van der Waals surface area contributed by atoms with Crippen LogP contribution in [0, 0.1) is 0 Å². The van der Waals surface area contributed by atoms with Crippen molar-refractivity contribution < 1.29 is 9.90 Å². The van der Waals surface area contributed by atoms with Crippen molar-refractivity contribution in [2.45, 2.75) is 6.10 Å². The highest BCUT2D eigenvalue weighted by Gasteiger charge is 2.31. The minimum atomic E-state index is -0.446. The highest BCUT2D eigenvalue weighted by atomic mass is 35.5. The number of β-amino-alcohol motifs (C(OH)–C–C–N with tert-alkyl or cyclic N) is 1. The van der Waals surface area contributed by atoms with Crippen LogP contribution in [0.3, 0.4) is 0 Å². The number of carbonyl (C=O) groups excluding carboxylic acids is 1. The molecule has 1 aliphatic heterocycles. The molecule has 0 bridgehead atoms. The Hall–Kier alpha value is -0.910. The van der Waals surface area contributed by atoms with E-state index in [1.54, 1.807) is 0 Å². The number of hydrogen-bond donors (Lipinski definition) is 1. The zero-order valence-corrected chi connectivity index (χ0v) is 9.03. The molecule has 0 radical (unpaired) electrons. The maximum Gasteiger partial charge on any atom is 0.257 e. The monoisotopic (exact) mass is 247 g/mol. The molecule has 2 rings (SSSR count). The highest BCUT2D eigenvalue weighted by molar-refractivity contribution is 6.34. The van der Waals surface area contributed by atoms with Crippen LogP contribution in [0.5, 0.6) is 0 Å². The summed E-state index contributed by atoms with van der Waals surface area (Å²) in [6, 6.07) is 1.37. The molecule has 80 valence electrons. The van der Waals surface area contributed by atoms with Gasteiger partial charge in [0.2, 0.25) is 0 Å². The van der Waals surface area contributed by atoms with E-state index in [0.29, 0.717) is 13.1 Å². The number of aromatic nitrogens is 2. The van der Waals surface area contributed by atoms with Crippen molar-refractivity contribution in [1.29, 1.82) is 0 Å². The van der Waals surface area contributed by atoms with E-state index in [-0.39, 0.29) is 21.8 Å². The summed E-state index contributed by atoms with van der Waals surface area (Å²) in [4.78, 5) is 13.2. The summed E-state index contributed by atoms with van der Waals surface area (Å²) >= 11 is 11.3. The topological polar surface area (TPSA) is 66.3 Å². The lowest BCUT2D eigenvalue weighted by atomic mass is 10.1. The molecule has 0 aliphatic carbocycles. The van der Waals surface area contributed by atoms with Crippen LogP contribution in [0.25, 0.3) is 0 Å². The van der Waals surface area contributed by atoms with E-state index in [0.717, 1.165) is 0 Å². The first-order chi connectivity index (χ1) is 7.08. The van der Waals surface area contributed by atoms with Crippen LogP contribution in [0.4, 0.5) is 0 Å². The number of aliphatic hydroxyl groups is 1. The molecule has 1 fully saturated rings. The number of amides is 1. The van der Waals surface area contributed by atoms with Gasteiger partial charge in [0.1, 0.15) is 0 Å². The lowest BCUT2D eigenvalue weighted by molar-refractivity contribution is 0.00586. The third-order valence-electron chi connectivity index (χ3n) is 2.10. The summed E-state index contributed by atoms with van der Waals surface area (Å²) in [6.45, 7) is 0.629. The number of rotatable bonds is 1. The summed E-state index contributed by atoms with van der Waals surface area (Å²) in [5.74, 6) is -0.290. The van der Waals surface area contributed by atoms with Gasteiger partial charge in [-0.2, -0.15) is 0 Å². The summed E-state index contributed by atoms with van der Waals surface area (Å²) in [5.41, 5.74) is 0.212. The molecule has 7 heteroatoms. The normalized spacial score (nSPS) is 16.3. The van der Waals surface area contributed by atoms with Crippen molar-refractivity contribution in [1.82, 2.24) is 15.1 Å². The minimum Gasteiger partial charge on any atom is -0.389 e. The molecule has 1 N–H and O–H groups in total. The lowest BCUT2D eigenvalue weighted by Gasteiger charge is -2.35. The molecule has 1 aromatic rings. The molecule has 1 saturated heterocycles. The van der Waals surface area contributed by atoms with Crippen LogP contribution in [0.2, 0.25) is 10.3 Å². The van der Waals surface area contributed by atoms with E-state index in [1.165, 1.54) is 11.0 Å². The fourth-order valence-electron chi connectivity index (χ4n) is 1.29. The molecular formula is C8H7Cl2N3O2. The van der Waals surface area contributed by atoms with Crippen molar-refractivity contribution in [3.63, 3.8) is 0 Å². The average Bonchev–Trinajstić information content (AvgIpc) is 2.16. The zero-order chi connectivity index (χ0) is 11.0. The Kier molecular flexibility index (Phi) is 2.77. The fourth-order valence-corrected chi connectivity index (χ4v) is 1.61. The molecule has 0 spiro atoms. The maximum atomic E-state index is 11.7. The van der Waals surface area contributed by atoms with Crippen LogP contribution in [-0.2, 0) is 0 Å². The minimum absolute atomic E-state index is 0.0192. The van der Waals surface area contributed by atoms with E-state index < -0.39 is 6.10 Å². The first-order valence-electron chi connectivity index (χ1n) is 4.24. The van der Waals surface area contributed by atoms with E-state index in [4.69, 9.17) is 28.3 Å². The standard InChI is InChI=1S/C8H7Cl2N3O2/c9-6-1-5(7(10)12-11-6)8(15)13-2-4(14)3-13/h1,4,14H,2-3H2. The third kappa shape index (κ3) is 2.04. The number of carbonyl (C=O) groups is 1. The molecule has 1 amide bonds. The fraction of sp³-hybridized carbons (Fsp3) is 0.375. The van der Waals surface area contributed by atoms with Gasteiger partial charge in [0, 0.05) is 13.1 Å². The van der Waals surface area contributed by atoms with Crippen LogP contribution < -0.4 is 0 Å². The molecule has 2 heterocycles. The maximum absolute atomic E-state index is 11.7. The van der Waals surface area contributed by atoms with Gasteiger partial charge in [-0.15, -0.1) is 10.2 Å². The SMILES string of the molecule is O=C(c1cc(Cl)nnc1Cl)N1CC(O)C1. The number of aliphatic hydroxyl groups excluding tert-OH is 1. The van der Waals surface area contributed by atoms with Crippen molar-refractivity contribution in [2.75, 3.05) is 13.1 Å². The predicted molar refractivity (Wildman–Crippen MR) is 54.0 cm³/mol. The number of likely N-dealkylation sites (tertiary alicyclic amines) is 1. The van der Waals surface area contributed by atoms with E-state index in [9.17, 15) is 4.79 Å². The molecule has 0 saturated carbocycles. The van der Waals surface area contributed by atoms with Gasteiger partial charge in [0.15, 0.2) is 10.3 Å². The largest absolute Gasteiger partial charge is 0.389 e. The Labute approximate surface area is 95.6 Å². The Morgan fingerprint density at radius 1 is 1.47 bits per heavy atom. The van der Waals surface area contributed by atoms with Gasteiger partial charge in [-0.25, -0.2) is 0 Å². The first kappa shape index (κ1) is 10.6. The molecule has 0 atom stereocenters. The second-order valence-corrected chi connectivity index (χ2v) is 3.98. The molecule has 1 aromatic heterocycles. The van der Waals surface area contributed by atoms with E-state index >= 15 is 0 Å². The van der Waals surface area contributed by atoms with Gasteiger partial charge in [0.25, 0.3) is 5.91 Å². The van der Waals surface area contributed by atoms with Gasteiger partial charge >= 0.3 is 0 Å². The van der Waals surface area contributed by atoms with Crippen LogP contribution in [0.15, 0.2) is 6.07 Å². The summed E-state index contributed by atoms with van der Waals surface area (Å²) in [7, 11) is 0. The Morgan fingerprint density at radius 2 is 2.13 bits per heavy atom. The van der Waals surface area contributed by atoms with Crippen molar-refractivity contribution in [3.8, 4) is 0 Å². The zero-order valence-electron chi connectivity index (χ0n) is 7.52. The van der Waals surface area contributed by atoms with Gasteiger partial charge < -0.3 is 10.0 Å². The quantitative estimate of drug-likeness (QED) is 0.790. The van der Waals surface area contributed by atoms with E-state index in [1.807, 2.05) is 0 Å². The second-order valence-electron chi connectivity index (χ2n) is 3.24. The smallest absolute Gasteiger partial charge is 0.257 e. The summed E-state index contributed by atoms with van der Waals surface area (Å²) in [5, 5.41) is 16.2. The summed E-state index contributed by atoms with van der Waals surface area (Å²) < 4.78 is 0. The number of nitrogens with zero attached hydrogens (tertiary/aromatic N) is 3. The van der Waals surface area contributed by atoms with Crippen LogP contribution in [0.1, 0.15) is 10.4 Å². The molecule has 5 nitrogen and oxygen atoms in total. The van der Waals surface area contributed by atoms with Crippen LogP contribution >= 0.6 is 23.2 Å². The van der Waals surface area contributed by atoms with E-state index in [2.05, 4.69) is 10.2 Å². The lowest BCUT2D eigenvalue weighted by Crippen LogP contribution is -2.53. The molecule has 0 aromatic carbocycles. The van der Waals surface area contributed by atoms with Gasteiger partial charge in [0.05, 0.1) is 11.7 Å². The average molecular weight is 248 g/mol. The van der Waals surface area contributed by atoms with Gasteiger partial charge in [-0.05, 0) is 6.07 Å². The summed E-state index contributed by atoms with van der Waals surface area (Å²) in [6.07, 6.45) is -0.446. The molecule has 15 heavy (non-hydrogen) atoms. The third-order valence-corrected chi connectivity index (χ3v) is 2.56. The number of hydrogen-bond acceptors (Lipinski definition) is 4. The Morgan fingerprint density at radius 3 is 2.73 bits per heavy atom. The van der Waals surface area contributed by atoms with Gasteiger partial charge in [-0.3, -0.25) is 4.79 Å². The first-order valence-corrected chi connectivity index (χ1v) is 4.99. The molecule has 1 aliphatic rings. The number of halogens is 2. The predicted octanol–water partition coefficient (Wildman–Crippen LogP) is 0.600. The second kappa shape index (κ2) is 3.92. The molecule has 0 unspecified atom stereocenters. The van der Waals surface area contributed by atoms with Gasteiger partial charge in [-0.1, -0.05) is 23.2 Å². The Balaban J connectivity index is 2.22. The van der Waals surface area contributed by atoms with Crippen molar-refractivity contribution >= 4 is 29.1 Å². The van der Waals surface area contributed by atoms with Crippen molar-refractivity contribution in [2.24, 2.45) is 0 Å². The van der Waals surface area contributed by atoms with Crippen LogP contribution in [-0.4, -0.2) is 45.3 Å². The molecular weight excluding hydrogens is 241 g/mol. The highest BCUT2D eigenvalue weighted by Crippen LogP contribution is 2.20. The van der Waals surface area contributed by atoms with Crippen molar-refractivity contribution in [3.05, 3.63) is 21.9 Å².